The summed E-state index contributed by atoms with van der Waals surface area (Å²) >= 11 is 0. The first-order valence-corrected chi connectivity index (χ1v) is 8.07. The van der Waals surface area contributed by atoms with E-state index in [4.69, 9.17) is 4.98 Å². The van der Waals surface area contributed by atoms with Gasteiger partial charge < -0.3 is 5.32 Å². The van der Waals surface area contributed by atoms with Crippen molar-refractivity contribution in [2.45, 2.75) is 38.1 Å². The van der Waals surface area contributed by atoms with E-state index in [0.29, 0.717) is 6.04 Å². The highest BCUT2D eigenvalue weighted by Gasteiger charge is 2.19. The Morgan fingerprint density at radius 3 is 2.68 bits per heavy atom. The van der Waals surface area contributed by atoms with Gasteiger partial charge in [-0.15, -0.1) is 0 Å². The third kappa shape index (κ3) is 2.45. The molecule has 1 fully saturated rings. The van der Waals surface area contributed by atoms with Crippen molar-refractivity contribution < 1.29 is 0 Å². The molecule has 3 heterocycles. The van der Waals surface area contributed by atoms with Gasteiger partial charge in [0.2, 0.25) is 0 Å². The van der Waals surface area contributed by atoms with Crippen LogP contribution in [0.4, 0.5) is 5.82 Å². The van der Waals surface area contributed by atoms with Crippen molar-refractivity contribution in [3.63, 3.8) is 0 Å². The van der Waals surface area contributed by atoms with Gasteiger partial charge >= 0.3 is 0 Å². The number of pyridine rings is 2. The van der Waals surface area contributed by atoms with Crippen LogP contribution in [0.3, 0.4) is 0 Å². The lowest BCUT2D eigenvalue weighted by Gasteiger charge is -2.24. The van der Waals surface area contributed by atoms with E-state index in [2.05, 4.69) is 20.9 Å². The molecular weight excluding hydrogens is 272 g/mol. The zero-order valence-electron chi connectivity index (χ0n) is 12.6. The lowest BCUT2D eigenvalue weighted by Crippen LogP contribution is -2.23. The Labute approximate surface area is 130 Å². The summed E-state index contributed by atoms with van der Waals surface area (Å²) in [5, 5.41) is 3.73. The summed E-state index contributed by atoms with van der Waals surface area (Å²) in [6, 6.07) is 12.6. The second-order valence-corrected chi connectivity index (χ2v) is 5.93. The molecule has 3 aromatic rings. The minimum Gasteiger partial charge on any atom is -0.367 e. The zero-order chi connectivity index (χ0) is 14.8. The van der Waals surface area contributed by atoms with Gasteiger partial charge in [-0.25, -0.2) is 4.98 Å². The summed E-state index contributed by atoms with van der Waals surface area (Å²) < 4.78 is 2.14. The SMILES string of the molecule is c1ccc(-c2nc3ccccn3c2NC2CCCCC2)nc1. The van der Waals surface area contributed by atoms with Crippen molar-refractivity contribution in [2.24, 2.45) is 0 Å². The van der Waals surface area contributed by atoms with Gasteiger partial charge in [-0.1, -0.05) is 31.4 Å². The topological polar surface area (TPSA) is 42.2 Å². The molecule has 0 radical (unpaired) electrons. The molecule has 0 bridgehead atoms. The van der Waals surface area contributed by atoms with Crippen molar-refractivity contribution in [2.75, 3.05) is 5.32 Å². The summed E-state index contributed by atoms with van der Waals surface area (Å²) in [6.07, 6.45) is 10.4. The van der Waals surface area contributed by atoms with Crippen LogP contribution >= 0.6 is 0 Å². The molecule has 0 atom stereocenters. The quantitative estimate of drug-likeness (QED) is 0.789. The summed E-state index contributed by atoms with van der Waals surface area (Å²) in [6.45, 7) is 0. The molecule has 4 nitrogen and oxygen atoms in total. The minimum absolute atomic E-state index is 0.538. The predicted octanol–water partition coefficient (Wildman–Crippen LogP) is 4.14. The first kappa shape index (κ1) is 13.3. The van der Waals surface area contributed by atoms with Gasteiger partial charge in [0.25, 0.3) is 0 Å². The summed E-state index contributed by atoms with van der Waals surface area (Å²) in [4.78, 5) is 9.27. The smallest absolute Gasteiger partial charge is 0.140 e. The Bertz CT molecular complexity index is 757. The average molecular weight is 292 g/mol. The van der Waals surface area contributed by atoms with E-state index < -0.39 is 0 Å². The maximum atomic E-state index is 4.79. The zero-order valence-corrected chi connectivity index (χ0v) is 12.6. The van der Waals surface area contributed by atoms with Gasteiger partial charge in [0, 0.05) is 18.4 Å². The fraction of sp³-hybridized carbons (Fsp3) is 0.333. The van der Waals surface area contributed by atoms with Gasteiger partial charge in [0.15, 0.2) is 0 Å². The maximum absolute atomic E-state index is 4.79. The number of hydrogen-bond acceptors (Lipinski definition) is 3. The number of hydrogen-bond donors (Lipinski definition) is 1. The van der Waals surface area contributed by atoms with Crippen LogP contribution in [-0.4, -0.2) is 20.4 Å². The van der Waals surface area contributed by atoms with Crippen LogP contribution in [0.25, 0.3) is 17.0 Å². The van der Waals surface area contributed by atoms with E-state index in [0.717, 1.165) is 22.9 Å². The number of nitrogens with one attached hydrogen (secondary N) is 1. The molecule has 4 heteroatoms. The number of anilines is 1. The highest BCUT2D eigenvalue weighted by Crippen LogP contribution is 2.30. The third-order valence-corrected chi connectivity index (χ3v) is 4.38. The first-order valence-electron chi connectivity index (χ1n) is 8.07. The molecule has 22 heavy (non-hydrogen) atoms. The molecule has 1 aliphatic carbocycles. The molecule has 1 aliphatic rings. The van der Waals surface area contributed by atoms with Crippen LogP contribution in [0.2, 0.25) is 0 Å². The Morgan fingerprint density at radius 2 is 1.86 bits per heavy atom. The van der Waals surface area contributed by atoms with E-state index in [-0.39, 0.29) is 0 Å². The van der Waals surface area contributed by atoms with E-state index in [9.17, 15) is 0 Å². The van der Waals surface area contributed by atoms with Gasteiger partial charge in [-0.3, -0.25) is 9.38 Å². The fourth-order valence-corrected chi connectivity index (χ4v) is 3.26. The molecule has 4 rings (SSSR count). The largest absolute Gasteiger partial charge is 0.367 e. The van der Waals surface area contributed by atoms with Crippen LogP contribution < -0.4 is 5.32 Å². The van der Waals surface area contributed by atoms with E-state index in [1.807, 2.05) is 42.6 Å². The lowest BCUT2D eigenvalue weighted by molar-refractivity contribution is 0.461. The average Bonchev–Trinajstić information content (AvgIpc) is 2.95. The van der Waals surface area contributed by atoms with E-state index >= 15 is 0 Å². The Balaban J connectivity index is 1.79. The molecule has 3 aromatic heterocycles. The summed E-state index contributed by atoms with van der Waals surface area (Å²) in [5.41, 5.74) is 2.82. The van der Waals surface area contributed by atoms with Crippen molar-refractivity contribution in [1.82, 2.24) is 14.4 Å². The Morgan fingerprint density at radius 1 is 1.00 bits per heavy atom. The normalized spacial score (nSPS) is 16.0. The van der Waals surface area contributed by atoms with Crippen LogP contribution in [0.1, 0.15) is 32.1 Å². The van der Waals surface area contributed by atoms with Crippen LogP contribution in [0.15, 0.2) is 48.8 Å². The van der Waals surface area contributed by atoms with Crippen molar-refractivity contribution in [1.29, 1.82) is 0 Å². The van der Waals surface area contributed by atoms with Gasteiger partial charge in [-0.05, 0) is 37.1 Å². The van der Waals surface area contributed by atoms with Gasteiger partial charge in [0.1, 0.15) is 17.2 Å². The molecule has 0 aromatic carbocycles. The molecule has 0 spiro atoms. The van der Waals surface area contributed by atoms with Crippen LogP contribution in [-0.2, 0) is 0 Å². The number of nitrogens with zero attached hydrogens (tertiary/aromatic N) is 3. The molecule has 0 unspecified atom stereocenters. The molecule has 1 saturated carbocycles. The minimum atomic E-state index is 0.538. The van der Waals surface area contributed by atoms with Gasteiger partial charge in [0.05, 0.1) is 5.69 Å². The molecule has 1 N–H and O–H groups in total. The maximum Gasteiger partial charge on any atom is 0.140 e. The van der Waals surface area contributed by atoms with Crippen molar-refractivity contribution in [3.8, 4) is 11.4 Å². The first-order chi connectivity index (χ1) is 10.9. The summed E-state index contributed by atoms with van der Waals surface area (Å²) in [7, 11) is 0. The number of imidazole rings is 1. The lowest BCUT2D eigenvalue weighted by atomic mass is 9.95. The molecule has 0 saturated heterocycles. The number of aromatic nitrogens is 3. The van der Waals surface area contributed by atoms with Crippen molar-refractivity contribution >= 4 is 11.5 Å². The summed E-state index contributed by atoms with van der Waals surface area (Å²) in [5.74, 6) is 1.07. The van der Waals surface area contributed by atoms with Crippen LogP contribution in [0.5, 0.6) is 0 Å². The molecule has 112 valence electrons. The Kier molecular flexibility index (Phi) is 3.51. The van der Waals surface area contributed by atoms with Gasteiger partial charge in [-0.2, -0.15) is 0 Å². The fourth-order valence-electron chi connectivity index (χ4n) is 3.26. The van der Waals surface area contributed by atoms with Crippen LogP contribution in [0, 0.1) is 0 Å². The molecule has 0 aliphatic heterocycles. The third-order valence-electron chi connectivity index (χ3n) is 4.38. The van der Waals surface area contributed by atoms with E-state index in [1.165, 1.54) is 32.1 Å². The predicted molar refractivity (Wildman–Crippen MR) is 88.9 cm³/mol. The Hall–Kier alpha value is -2.36. The highest BCUT2D eigenvalue weighted by atomic mass is 15.1. The standard InChI is InChI=1S/C18H20N4/c1-2-8-14(9-3-1)20-18-17(15-10-4-6-12-19-15)21-16-11-5-7-13-22(16)18/h4-7,10-14,20H,1-3,8-9H2. The van der Waals surface area contributed by atoms with Crippen molar-refractivity contribution in [3.05, 3.63) is 48.8 Å². The number of rotatable bonds is 3. The monoisotopic (exact) mass is 292 g/mol. The second-order valence-electron chi connectivity index (χ2n) is 5.93. The number of fused-ring (bicyclic) bond motifs is 1. The molecular formula is C18H20N4. The highest BCUT2D eigenvalue weighted by molar-refractivity contribution is 5.74. The second kappa shape index (κ2) is 5.79. The molecule has 0 amide bonds. The van der Waals surface area contributed by atoms with E-state index in [1.54, 1.807) is 0 Å².